The fourth-order valence-corrected chi connectivity index (χ4v) is 4.04. The first-order chi connectivity index (χ1) is 12.3. The average molecular weight is 339 g/mol. The van der Waals surface area contributed by atoms with Gasteiger partial charge >= 0.3 is 0 Å². The standard InChI is InChI=1S/C17H21N7O/c1-10-14(8-20-22-10)16-21-17(13-6-12-2-3-15(13)25-12)24(23-16)5-4-11-7-18-9-19-11/h7-9,12-13,15H,2-6H2,1H3,(H,18,19)(H,20,22)/t12-,13+,15+/m0/s1. The fraction of sp³-hybridized carbons (Fsp3) is 0.529. The maximum absolute atomic E-state index is 6.05. The van der Waals surface area contributed by atoms with Gasteiger partial charge in [0, 0.05) is 36.5 Å². The summed E-state index contributed by atoms with van der Waals surface area (Å²) in [5.74, 6) is 2.13. The lowest BCUT2D eigenvalue weighted by Crippen LogP contribution is -2.20. The monoisotopic (exact) mass is 339 g/mol. The van der Waals surface area contributed by atoms with Crippen LogP contribution in [-0.2, 0) is 17.7 Å². The quantitative estimate of drug-likeness (QED) is 0.741. The summed E-state index contributed by atoms with van der Waals surface area (Å²) in [6, 6.07) is 0. The Kier molecular flexibility index (Phi) is 3.44. The maximum Gasteiger partial charge on any atom is 0.184 e. The van der Waals surface area contributed by atoms with Gasteiger partial charge in [0.2, 0.25) is 0 Å². The molecule has 8 nitrogen and oxygen atoms in total. The van der Waals surface area contributed by atoms with Gasteiger partial charge in [-0.3, -0.25) is 5.10 Å². The van der Waals surface area contributed by atoms with Crippen LogP contribution in [0.2, 0.25) is 0 Å². The van der Waals surface area contributed by atoms with Gasteiger partial charge in [0.1, 0.15) is 5.82 Å². The van der Waals surface area contributed by atoms with E-state index in [1.807, 2.05) is 13.1 Å². The molecule has 0 saturated carbocycles. The lowest BCUT2D eigenvalue weighted by atomic mass is 9.88. The van der Waals surface area contributed by atoms with E-state index in [4.69, 9.17) is 14.8 Å². The molecule has 130 valence electrons. The molecule has 2 aliphatic heterocycles. The summed E-state index contributed by atoms with van der Waals surface area (Å²) in [5, 5.41) is 11.9. The molecule has 3 atom stereocenters. The molecule has 2 fully saturated rings. The summed E-state index contributed by atoms with van der Waals surface area (Å²) in [7, 11) is 0. The van der Waals surface area contributed by atoms with Crippen LogP contribution in [0.1, 0.15) is 42.4 Å². The fourth-order valence-electron chi connectivity index (χ4n) is 4.04. The highest BCUT2D eigenvalue weighted by Gasteiger charge is 2.44. The van der Waals surface area contributed by atoms with Crippen molar-refractivity contribution in [3.05, 3.63) is 35.9 Å². The minimum atomic E-state index is 0.290. The van der Waals surface area contributed by atoms with E-state index < -0.39 is 0 Å². The highest BCUT2D eigenvalue weighted by Crippen LogP contribution is 2.44. The number of rotatable bonds is 5. The molecule has 2 aliphatic rings. The van der Waals surface area contributed by atoms with Crippen molar-refractivity contribution in [3.8, 4) is 11.4 Å². The van der Waals surface area contributed by atoms with Crippen molar-refractivity contribution in [1.82, 2.24) is 34.9 Å². The number of imidazole rings is 1. The topological polar surface area (TPSA) is 97.3 Å². The molecule has 0 radical (unpaired) electrons. The zero-order chi connectivity index (χ0) is 16.8. The van der Waals surface area contributed by atoms with Crippen LogP contribution < -0.4 is 0 Å². The van der Waals surface area contributed by atoms with Crippen molar-refractivity contribution in [2.45, 2.75) is 57.3 Å². The Morgan fingerprint density at radius 3 is 2.96 bits per heavy atom. The van der Waals surface area contributed by atoms with E-state index in [2.05, 4.69) is 24.8 Å². The summed E-state index contributed by atoms with van der Waals surface area (Å²) in [6.07, 6.45) is 10.3. The number of nitrogens with zero attached hydrogens (tertiary/aromatic N) is 5. The van der Waals surface area contributed by atoms with Crippen molar-refractivity contribution in [3.63, 3.8) is 0 Å². The second kappa shape index (κ2) is 5.80. The van der Waals surface area contributed by atoms with Crippen molar-refractivity contribution < 1.29 is 4.74 Å². The second-order valence-electron chi connectivity index (χ2n) is 6.97. The van der Waals surface area contributed by atoms with Crippen LogP contribution in [0.5, 0.6) is 0 Å². The minimum Gasteiger partial charge on any atom is -0.374 e. The van der Waals surface area contributed by atoms with Gasteiger partial charge in [0.05, 0.1) is 30.3 Å². The van der Waals surface area contributed by atoms with Crippen LogP contribution in [0.3, 0.4) is 0 Å². The van der Waals surface area contributed by atoms with Crippen LogP contribution >= 0.6 is 0 Å². The molecule has 3 aromatic heterocycles. The maximum atomic E-state index is 6.05. The minimum absolute atomic E-state index is 0.290. The van der Waals surface area contributed by atoms with Gasteiger partial charge in [0.25, 0.3) is 0 Å². The zero-order valence-corrected chi connectivity index (χ0v) is 14.1. The zero-order valence-electron chi connectivity index (χ0n) is 14.1. The molecule has 0 amide bonds. The molecule has 3 aromatic rings. The Morgan fingerprint density at radius 2 is 2.28 bits per heavy atom. The van der Waals surface area contributed by atoms with E-state index in [0.29, 0.717) is 18.1 Å². The SMILES string of the molecule is Cc1[nH]ncc1-c1nc([C@@H]2C[C@@H]3CC[C@H]2O3)n(CCc2cnc[nH]2)n1. The van der Waals surface area contributed by atoms with Crippen LogP contribution in [0.15, 0.2) is 18.7 Å². The Balaban J connectivity index is 1.48. The predicted octanol–water partition coefficient (Wildman–Crippen LogP) is 1.98. The van der Waals surface area contributed by atoms with E-state index in [9.17, 15) is 0 Å². The average Bonchev–Trinajstić information content (AvgIpc) is 3.39. The Bertz CT molecular complexity index is 866. The number of hydrogen-bond acceptors (Lipinski definition) is 5. The Hall–Kier alpha value is -2.48. The summed E-state index contributed by atoms with van der Waals surface area (Å²) in [6.45, 7) is 2.77. The van der Waals surface area contributed by atoms with Gasteiger partial charge in [-0.25, -0.2) is 14.6 Å². The summed E-state index contributed by atoms with van der Waals surface area (Å²) < 4.78 is 8.11. The number of hydrogen-bond donors (Lipinski definition) is 2. The van der Waals surface area contributed by atoms with Crippen LogP contribution in [0.25, 0.3) is 11.4 Å². The van der Waals surface area contributed by atoms with Crippen molar-refractivity contribution >= 4 is 0 Å². The normalized spacial score (nSPS) is 25.1. The number of H-pyrrole nitrogens is 2. The van der Waals surface area contributed by atoms with Crippen LogP contribution in [-0.4, -0.2) is 47.1 Å². The number of aromatic amines is 2. The number of ether oxygens (including phenoxy) is 1. The van der Waals surface area contributed by atoms with Gasteiger partial charge in [0.15, 0.2) is 5.82 Å². The number of fused-ring (bicyclic) bond motifs is 2. The third kappa shape index (κ3) is 2.57. The molecule has 0 aromatic carbocycles. The first-order valence-electron chi connectivity index (χ1n) is 8.85. The molecule has 2 bridgehead atoms. The summed E-state index contributed by atoms with van der Waals surface area (Å²) >= 11 is 0. The molecular formula is C17H21N7O. The van der Waals surface area contributed by atoms with Gasteiger partial charge in [-0.1, -0.05) is 0 Å². The largest absolute Gasteiger partial charge is 0.374 e. The van der Waals surface area contributed by atoms with Crippen molar-refractivity contribution in [1.29, 1.82) is 0 Å². The predicted molar refractivity (Wildman–Crippen MR) is 89.9 cm³/mol. The van der Waals surface area contributed by atoms with Gasteiger partial charge in [-0.05, 0) is 26.2 Å². The lowest BCUT2D eigenvalue weighted by molar-refractivity contribution is 0.0994. The highest BCUT2D eigenvalue weighted by atomic mass is 16.5. The van der Waals surface area contributed by atoms with E-state index in [0.717, 1.165) is 54.4 Å². The molecule has 2 N–H and O–H groups in total. The van der Waals surface area contributed by atoms with Crippen molar-refractivity contribution in [2.24, 2.45) is 0 Å². The van der Waals surface area contributed by atoms with E-state index >= 15 is 0 Å². The van der Waals surface area contributed by atoms with E-state index in [-0.39, 0.29) is 0 Å². The number of aromatic nitrogens is 7. The Labute approximate surface area is 145 Å². The first-order valence-corrected chi connectivity index (χ1v) is 8.85. The second-order valence-corrected chi connectivity index (χ2v) is 6.97. The molecule has 5 rings (SSSR count). The number of aryl methyl sites for hydroxylation is 3. The van der Waals surface area contributed by atoms with E-state index in [1.54, 1.807) is 12.5 Å². The number of nitrogens with one attached hydrogen (secondary N) is 2. The van der Waals surface area contributed by atoms with Crippen molar-refractivity contribution in [2.75, 3.05) is 0 Å². The van der Waals surface area contributed by atoms with Gasteiger partial charge in [-0.2, -0.15) is 10.2 Å². The molecule has 5 heterocycles. The smallest absolute Gasteiger partial charge is 0.184 e. The molecule has 2 saturated heterocycles. The third-order valence-corrected chi connectivity index (χ3v) is 5.36. The molecule has 25 heavy (non-hydrogen) atoms. The lowest BCUT2D eigenvalue weighted by Gasteiger charge is -2.18. The molecule has 0 aliphatic carbocycles. The highest BCUT2D eigenvalue weighted by molar-refractivity contribution is 5.56. The van der Waals surface area contributed by atoms with Crippen LogP contribution in [0, 0.1) is 6.92 Å². The van der Waals surface area contributed by atoms with Gasteiger partial charge < -0.3 is 9.72 Å². The van der Waals surface area contributed by atoms with E-state index in [1.165, 1.54) is 6.42 Å². The molecule has 0 unspecified atom stereocenters. The molecule has 8 heteroatoms. The van der Waals surface area contributed by atoms with Crippen LogP contribution in [0.4, 0.5) is 0 Å². The summed E-state index contributed by atoms with van der Waals surface area (Å²) in [4.78, 5) is 12.1. The molecule has 0 spiro atoms. The first kappa shape index (κ1) is 14.8. The van der Waals surface area contributed by atoms with Gasteiger partial charge in [-0.15, -0.1) is 0 Å². The third-order valence-electron chi connectivity index (χ3n) is 5.36. The molecular weight excluding hydrogens is 318 g/mol. The Morgan fingerprint density at radius 1 is 1.32 bits per heavy atom. The summed E-state index contributed by atoms with van der Waals surface area (Å²) in [5.41, 5.74) is 3.05.